The highest BCUT2D eigenvalue weighted by Crippen LogP contribution is 2.18. The van der Waals surface area contributed by atoms with Crippen molar-refractivity contribution in [1.29, 1.82) is 0 Å². The molecule has 23 heavy (non-hydrogen) atoms. The van der Waals surface area contributed by atoms with Crippen LogP contribution in [0, 0.1) is 6.92 Å². The lowest BCUT2D eigenvalue weighted by atomic mass is 10.1. The number of sulfonamides is 1. The van der Waals surface area contributed by atoms with E-state index in [1.807, 2.05) is 31.2 Å². The smallest absolute Gasteiger partial charge is 0.247 e. The van der Waals surface area contributed by atoms with E-state index in [0.29, 0.717) is 5.89 Å². The minimum atomic E-state index is -3.60. The second-order valence-corrected chi connectivity index (χ2v) is 6.77. The fourth-order valence-corrected chi connectivity index (χ4v) is 2.97. The third kappa shape index (κ3) is 3.64. The predicted octanol–water partition coefficient (Wildman–Crippen LogP) is 2.52. The third-order valence-corrected chi connectivity index (χ3v) is 4.65. The summed E-state index contributed by atoms with van der Waals surface area (Å²) in [6.07, 6.45) is 0. The minimum Gasteiger partial charge on any atom is -0.419 e. The molecule has 1 N–H and O–H groups in total. The van der Waals surface area contributed by atoms with E-state index in [4.69, 9.17) is 4.42 Å². The average molecular weight is 329 g/mol. The van der Waals surface area contributed by atoms with Crippen LogP contribution in [0.4, 0.5) is 0 Å². The number of nitrogens with one attached hydrogen (secondary N) is 1. The van der Waals surface area contributed by atoms with E-state index in [2.05, 4.69) is 14.9 Å². The van der Waals surface area contributed by atoms with Gasteiger partial charge in [-0.05, 0) is 31.2 Å². The van der Waals surface area contributed by atoms with Crippen molar-refractivity contribution in [2.45, 2.75) is 18.4 Å². The van der Waals surface area contributed by atoms with Gasteiger partial charge in [-0.2, -0.15) is 0 Å². The van der Waals surface area contributed by atoms with Crippen LogP contribution in [0.1, 0.15) is 11.5 Å². The van der Waals surface area contributed by atoms with E-state index in [1.54, 1.807) is 18.2 Å². The number of aryl methyl sites for hydroxylation is 1. The molecular weight excluding hydrogens is 314 g/mol. The Labute approximate surface area is 134 Å². The molecule has 0 spiro atoms. The van der Waals surface area contributed by atoms with Crippen molar-refractivity contribution < 1.29 is 12.8 Å². The molecule has 7 heteroatoms. The molecule has 3 aromatic rings. The molecule has 0 atom stereocenters. The maximum atomic E-state index is 12.1. The molecule has 6 nitrogen and oxygen atoms in total. The van der Waals surface area contributed by atoms with Crippen LogP contribution in [-0.4, -0.2) is 18.6 Å². The largest absolute Gasteiger partial charge is 0.419 e. The first-order valence-electron chi connectivity index (χ1n) is 6.99. The number of aromatic nitrogens is 2. The number of rotatable bonds is 5. The van der Waals surface area contributed by atoms with E-state index in [0.717, 1.165) is 11.1 Å². The van der Waals surface area contributed by atoms with E-state index in [-0.39, 0.29) is 17.3 Å². The lowest BCUT2D eigenvalue weighted by Gasteiger charge is -2.03. The Kier molecular flexibility index (Phi) is 4.22. The Bertz CT molecular complexity index is 888. The maximum absolute atomic E-state index is 12.1. The number of nitrogens with zero attached hydrogens (tertiary/aromatic N) is 2. The molecule has 2 aromatic carbocycles. The molecule has 0 unspecified atom stereocenters. The molecule has 0 saturated carbocycles. The fourth-order valence-electron chi connectivity index (χ4n) is 1.98. The normalized spacial score (nSPS) is 11.5. The Balaban J connectivity index is 1.71. The van der Waals surface area contributed by atoms with E-state index in [1.165, 1.54) is 12.1 Å². The van der Waals surface area contributed by atoms with Crippen molar-refractivity contribution in [1.82, 2.24) is 14.9 Å². The van der Waals surface area contributed by atoms with Crippen LogP contribution in [0.3, 0.4) is 0 Å². The predicted molar refractivity (Wildman–Crippen MR) is 84.9 cm³/mol. The van der Waals surface area contributed by atoms with Crippen molar-refractivity contribution >= 4 is 10.0 Å². The summed E-state index contributed by atoms with van der Waals surface area (Å²) >= 11 is 0. The quantitative estimate of drug-likeness (QED) is 0.777. The molecule has 118 valence electrons. The van der Waals surface area contributed by atoms with E-state index < -0.39 is 10.0 Å². The number of benzene rings is 2. The summed E-state index contributed by atoms with van der Waals surface area (Å²) in [6, 6.07) is 15.8. The van der Waals surface area contributed by atoms with Crippen LogP contribution in [0.25, 0.3) is 11.5 Å². The second-order valence-electron chi connectivity index (χ2n) is 5.00. The molecular formula is C16H15N3O3S. The van der Waals surface area contributed by atoms with Gasteiger partial charge in [0.2, 0.25) is 21.8 Å². The zero-order valence-electron chi connectivity index (χ0n) is 12.4. The van der Waals surface area contributed by atoms with Gasteiger partial charge >= 0.3 is 0 Å². The van der Waals surface area contributed by atoms with Crippen molar-refractivity contribution in [2.24, 2.45) is 0 Å². The Hall–Kier alpha value is -2.51. The van der Waals surface area contributed by atoms with Crippen molar-refractivity contribution in [3.63, 3.8) is 0 Å². The summed E-state index contributed by atoms with van der Waals surface area (Å²) in [6.45, 7) is 1.93. The van der Waals surface area contributed by atoms with Crippen LogP contribution in [0.5, 0.6) is 0 Å². The zero-order valence-corrected chi connectivity index (χ0v) is 13.2. The molecule has 0 radical (unpaired) electrons. The van der Waals surface area contributed by atoms with E-state index >= 15 is 0 Å². The molecule has 0 amide bonds. The average Bonchev–Trinajstić information content (AvgIpc) is 3.04. The van der Waals surface area contributed by atoms with Crippen molar-refractivity contribution in [3.05, 3.63) is 66.1 Å². The minimum absolute atomic E-state index is 0.0594. The maximum Gasteiger partial charge on any atom is 0.247 e. The van der Waals surface area contributed by atoms with Gasteiger partial charge in [-0.15, -0.1) is 10.2 Å². The highest BCUT2D eigenvalue weighted by Gasteiger charge is 2.15. The summed E-state index contributed by atoms with van der Waals surface area (Å²) in [5.41, 5.74) is 1.92. The molecule has 0 aliphatic rings. The van der Waals surface area contributed by atoms with Crippen LogP contribution in [0.2, 0.25) is 0 Å². The van der Waals surface area contributed by atoms with Crippen molar-refractivity contribution in [2.75, 3.05) is 0 Å². The van der Waals surface area contributed by atoms with Gasteiger partial charge in [0.25, 0.3) is 0 Å². The summed E-state index contributed by atoms with van der Waals surface area (Å²) < 4.78 is 32.2. The molecule has 0 aliphatic carbocycles. The van der Waals surface area contributed by atoms with Crippen LogP contribution < -0.4 is 4.72 Å². The second kappa shape index (κ2) is 6.31. The summed E-state index contributed by atoms with van der Waals surface area (Å²) in [7, 11) is -3.60. The third-order valence-electron chi connectivity index (χ3n) is 3.23. The molecule has 0 saturated heterocycles. The van der Waals surface area contributed by atoms with Gasteiger partial charge in [0.1, 0.15) is 0 Å². The summed E-state index contributed by atoms with van der Waals surface area (Å²) in [5.74, 6) is 0.569. The van der Waals surface area contributed by atoms with Gasteiger partial charge in [-0.25, -0.2) is 13.1 Å². The first-order chi connectivity index (χ1) is 11.0. The fraction of sp³-hybridized carbons (Fsp3) is 0.125. The topological polar surface area (TPSA) is 85.1 Å². The molecule has 0 bridgehead atoms. The first-order valence-corrected chi connectivity index (χ1v) is 8.47. The number of hydrogen-bond acceptors (Lipinski definition) is 5. The summed E-state index contributed by atoms with van der Waals surface area (Å²) in [5, 5.41) is 7.81. The SMILES string of the molecule is Cc1ccc(-c2nnc(CNS(=O)(=O)c3ccccc3)o2)cc1. The van der Waals surface area contributed by atoms with Crippen LogP contribution >= 0.6 is 0 Å². The monoisotopic (exact) mass is 329 g/mol. The lowest BCUT2D eigenvalue weighted by Crippen LogP contribution is -2.23. The van der Waals surface area contributed by atoms with Crippen LogP contribution in [-0.2, 0) is 16.6 Å². The first kappa shape index (κ1) is 15.4. The van der Waals surface area contributed by atoms with Gasteiger partial charge in [0.05, 0.1) is 11.4 Å². The molecule has 0 aliphatic heterocycles. The van der Waals surface area contributed by atoms with Gasteiger partial charge in [-0.3, -0.25) is 0 Å². The standard InChI is InChI=1S/C16H15N3O3S/c1-12-7-9-13(10-8-12)16-19-18-15(22-16)11-17-23(20,21)14-5-3-2-4-6-14/h2-10,17H,11H2,1H3. The highest BCUT2D eigenvalue weighted by atomic mass is 32.2. The van der Waals surface area contributed by atoms with E-state index in [9.17, 15) is 8.42 Å². The van der Waals surface area contributed by atoms with Gasteiger partial charge in [0.15, 0.2) is 0 Å². The summed E-state index contributed by atoms with van der Waals surface area (Å²) in [4.78, 5) is 0.193. The molecule has 1 aromatic heterocycles. The van der Waals surface area contributed by atoms with Gasteiger partial charge < -0.3 is 4.42 Å². The van der Waals surface area contributed by atoms with Crippen LogP contribution in [0.15, 0.2) is 63.9 Å². The molecule has 0 fully saturated rings. The Morgan fingerprint density at radius 3 is 2.39 bits per heavy atom. The molecule has 3 rings (SSSR count). The van der Waals surface area contributed by atoms with Gasteiger partial charge in [0, 0.05) is 5.56 Å². The highest BCUT2D eigenvalue weighted by molar-refractivity contribution is 7.89. The molecule has 1 heterocycles. The number of hydrogen-bond donors (Lipinski definition) is 1. The van der Waals surface area contributed by atoms with Crippen molar-refractivity contribution in [3.8, 4) is 11.5 Å². The lowest BCUT2D eigenvalue weighted by molar-refractivity contribution is 0.494. The Morgan fingerprint density at radius 1 is 1.00 bits per heavy atom. The zero-order chi connectivity index (χ0) is 16.3. The van der Waals surface area contributed by atoms with Gasteiger partial charge in [-0.1, -0.05) is 35.9 Å². The Morgan fingerprint density at radius 2 is 1.70 bits per heavy atom.